The topological polar surface area (TPSA) is 29.3 Å². The van der Waals surface area contributed by atoms with E-state index in [0.29, 0.717) is 6.67 Å². The van der Waals surface area contributed by atoms with Gasteiger partial charge in [-0.2, -0.15) is 0 Å². The molecule has 2 nitrogen and oxygen atoms in total. The maximum atomic E-state index is 5.91. The van der Waals surface area contributed by atoms with Crippen LogP contribution in [0.2, 0.25) is 0 Å². The Kier molecular flexibility index (Phi) is 4.50. The average molecular weight is 243 g/mol. The molecule has 0 heterocycles. The number of anilines is 1. The van der Waals surface area contributed by atoms with Crippen LogP contribution in [0.25, 0.3) is 5.70 Å². The molecule has 0 atom stereocenters. The van der Waals surface area contributed by atoms with E-state index in [1.807, 2.05) is 18.2 Å². The first-order valence-corrected chi connectivity index (χ1v) is 6.07. The fourth-order valence-electron chi connectivity index (χ4n) is 2.32. The van der Waals surface area contributed by atoms with E-state index in [0.717, 1.165) is 5.69 Å². The van der Waals surface area contributed by atoms with Crippen LogP contribution in [0.5, 0.6) is 0 Å². The summed E-state index contributed by atoms with van der Waals surface area (Å²) in [5.41, 5.74) is 10.7. The molecule has 0 bridgehead atoms. The summed E-state index contributed by atoms with van der Waals surface area (Å²) in [6, 6.07) is 18.6. The van der Waals surface area contributed by atoms with Crippen LogP contribution in [0.15, 0.2) is 60.7 Å². The molecular weight excluding hydrogens is 227 g/mol. The van der Waals surface area contributed by atoms with Crippen LogP contribution in [0.3, 0.4) is 0 Å². The number of hydrogen-bond donors (Lipinski definition) is 1. The van der Waals surface area contributed by atoms with Crippen LogP contribution in [0.1, 0.15) is 11.1 Å². The number of allylic oxidation sites excluding steroid dienone is 1. The molecule has 2 N–H and O–H groups in total. The van der Waals surface area contributed by atoms with E-state index in [1.54, 1.807) is 0 Å². The Morgan fingerprint density at radius 2 is 1.58 bits per heavy atom. The van der Waals surface area contributed by atoms with E-state index in [9.17, 15) is 0 Å². The first-order valence-electron chi connectivity index (χ1n) is 6.07. The van der Waals surface area contributed by atoms with Crippen LogP contribution in [-0.4, -0.2) is 25.5 Å². The first-order chi connectivity index (χ1) is 8.90. The van der Waals surface area contributed by atoms with Crippen molar-refractivity contribution in [3.05, 3.63) is 78.2 Å². The predicted octanol–water partition coefficient (Wildman–Crippen LogP) is 2.37. The molecule has 2 aromatic rings. The fraction of sp³-hybridized carbons (Fsp3) is 0.0625. The molecule has 0 aliphatic heterocycles. The zero-order valence-electron chi connectivity index (χ0n) is 10.1. The van der Waals surface area contributed by atoms with Gasteiger partial charge in [-0.1, -0.05) is 48.5 Å². The molecule has 3 heteroatoms. The molecule has 0 spiro atoms. The normalized spacial score (nSPS) is 12.4. The van der Waals surface area contributed by atoms with Gasteiger partial charge < -0.3 is 10.6 Å². The van der Waals surface area contributed by atoms with Crippen LogP contribution in [0, 0.1) is 6.42 Å². The Labute approximate surface area is 126 Å². The minimum atomic E-state index is 0. The van der Waals surface area contributed by atoms with Crippen molar-refractivity contribution in [1.82, 2.24) is 0 Å². The molecule has 2 aromatic carbocycles. The average Bonchev–Trinajstić information content (AvgIpc) is 2.85. The van der Waals surface area contributed by atoms with E-state index in [1.165, 1.54) is 16.8 Å². The summed E-state index contributed by atoms with van der Waals surface area (Å²) in [4.78, 5) is 2.13. The van der Waals surface area contributed by atoms with Gasteiger partial charge in [0, 0.05) is 23.4 Å². The monoisotopic (exact) mass is 243 g/mol. The van der Waals surface area contributed by atoms with Gasteiger partial charge >= 0.3 is 18.9 Å². The SMILES string of the molecule is NCN(C1=C[CH]c2ccccc21)c1ccccc1.[LiH]. The summed E-state index contributed by atoms with van der Waals surface area (Å²) in [5.74, 6) is 0. The molecule has 0 amide bonds. The number of hydrogen-bond acceptors (Lipinski definition) is 2. The van der Waals surface area contributed by atoms with Gasteiger partial charge in [0.25, 0.3) is 0 Å². The number of fused-ring (bicyclic) bond motifs is 1. The number of para-hydroxylation sites is 1. The standard InChI is InChI=1S/C16H15N2.Li.H/c17-12-18(14-7-2-1-3-8-14)16-11-10-13-6-4-5-9-15(13)16;;/h1-11H,12,17H2;;. The Hall–Kier alpha value is -1.46. The third-order valence-electron chi connectivity index (χ3n) is 3.20. The van der Waals surface area contributed by atoms with Crippen molar-refractivity contribution >= 4 is 30.2 Å². The Balaban J connectivity index is 0.00000133. The quantitative estimate of drug-likeness (QED) is 0.662. The fourth-order valence-corrected chi connectivity index (χ4v) is 2.32. The van der Waals surface area contributed by atoms with E-state index < -0.39 is 0 Å². The molecule has 1 aliphatic carbocycles. The molecule has 0 unspecified atom stereocenters. The second kappa shape index (κ2) is 6.12. The van der Waals surface area contributed by atoms with Crippen molar-refractivity contribution in [1.29, 1.82) is 0 Å². The van der Waals surface area contributed by atoms with Crippen molar-refractivity contribution in [2.75, 3.05) is 11.6 Å². The van der Waals surface area contributed by atoms with Crippen molar-refractivity contribution in [2.24, 2.45) is 5.73 Å². The molecule has 0 saturated heterocycles. The zero-order chi connectivity index (χ0) is 12.4. The van der Waals surface area contributed by atoms with Crippen LogP contribution >= 0.6 is 0 Å². The number of benzene rings is 2. The van der Waals surface area contributed by atoms with Gasteiger partial charge in [0.15, 0.2) is 0 Å². The first kappa shape index (κ1) is 14.0. The van der Waals surface area contributed by atoms with E-state index in [4.69, 9.17) is 5.73 Å². The summed E-state index contributed by atoms with van der Waals surface area (Å²) in [6.45, 7) is 0.470. The second-order valence-corrected chi connectivity index (χ2v) is 4.25. The second-order valence-electron chi connectivity index (χ2n) is 4.25. The van der Waals surface area contributed by atoms with Crippen LogP contribution < -0.4 is 10.6 Å². The molecule has 0 saturated carbocycles. The number of nitrogens with two attached hydrogens (primary N) is 1. The summed E-state index contributed by atoms with van der Waals surface area (Å²) < 4.78 is 0. The minimum absolute atomic E-state index is 0. The number of nitrogens with zero attached hydrogens (tertiary/aromatic N) is 1. The van der Waals surface area contributed by atoms with E-state index in [2.05, 4.69) is 53.8 Å². The van der Waals surface area contributed by atoms with Crippen molar-refractivity contribution in [3.8, 4) is 0 Å². The van der Waals surface area contributed by atoms with E-state index >= 15 is 0 Å². The van der Waals surface area contributed by atoms with Gasteiger partial charge in [0.2, 0.25) is 0 Å². The maximum absolute atomic E-state index is 5.91. The zero-order valence-corrected chi connectivity index (χ0v) is 10.1. The Morgan fingerprint density at radius 1 is 0.895 bits per heavy atom. The molecule has 3 rings (SSSR count). The Bertz CT molecular complexity index is 578. The summed E-state index contributed by atoms with van der Waals surface area (Å²) in [7, 11) is 0. The van der Waals surface area contributed by atoms with Crippen molar-refractivity contribution in [2.45, 2.75) is 0 Å². The summed E-state index contributed by atoms with van der Waals surface area (Å²) in [6.07, 6.45) is 4.26. The van der Waals surface area contributed by atoms with Gasteiger partial charge in [0.05, 0.1) is 6.67 Å². The third kappa shape index (κ3) is 2.62. The number of rotatable bonds is 3. The van der Waals surface area contributed by atoms with Gasteiger partial charge in [-0.3, -0.25) is 0 Å². The predicted molar refractivity (Wildman–Crippen MR) is 82.9 cm³/mol. The summed E-state index contributed by atoms with van der Waals surface area (Å²) >= 11 is 0. The molecule has 91 valence electrons. The van der Waals surface area contributed by atoms with Gasteiger partial charge in [0.1, 0.15) is 0 Å². The molecule has 0 aromatic heterocycles. The molecule has 19 heavy (non-hydrogen) atoms. The van der Waals surface area contributed by atoms with Crippen LogP contribution in [-0.2, 0) is 0 Å². The third-order valence-corrected chi connectivity index (χ3v) is 3.20. The molecule has 1 radical (unpaired) electrons. The molecule has 1 aliphatic rings. The van der Waals surface area contributed by atoms with Gasteiger partial charge in [-0.25, -0.2) is 0 Å². The van der Waals surface area contributed by atoms with Crippen molar-refractivity contribution in [3.63, 3.8) is 0 Å². The van der Waals surface area contributed by atoms with E-state index in [-0.39, 0.29) is 18.9 Å². The van der Waals surface area contributed by atoms with Crippen LogP contribution in [0.4, 0.5) is 5.69 Å². The molecule has 0 fully saturated rings. The molecular formula is C16H16LiN2. The Morgan fingerprint density at radius 3 is 2.32 bits per heavy atom. The van der Waals surface area contributed by atoms with Gasteiger partial charge in [-0.15, -0.1) is 0 Å². The van der Waals surface area contributed by atoms with Gasteiger partial charge in [-0.05, 0) is 17.7 Å². The van der Waals surface area contributed by atoms with Crippen molar-refractivity contribution < 1.29 is 0 Å². The summed E-state index contributed by atoms with van der Waals surface area (Å²) in [5, 5.41) is 0.